The lowest BCUT2D eigenvalue weighted by atomic mass is 10.1. The predicted octanol–water partition coefficient (Wildman–Crippen LogP) is 2.86. The van der Waals surface area contributed by atoms with Gasteiger partial charge >= 0.3 is 0 Å². The molecule has 1 aliphatic heterocycles. The van der Waals surface area contributed by atoms with Crippen LogP contribution in [0.1, 0.15) is 5.56 Å². The van der Waals surface area contributed by atoms with Gasteiger partial charge < -0.3 is 20.3 Å². The van der Waals surface area contributed by atoms with Crippen molar-refractivity contribution in [3.8, 4) is 11.5 Å². The van der Waals surface area contributed by atoms with Gasteiger partial charge in [0.15, 0.2) is 0 Å². The largest absolute Gasteiger partial charge is 0.457 e. The van der Waals surface area contributed by atoms with Crippen LogP contribution in [-0.4, -0.2) is 38.8 Å². The number of thioether (sulfide) groups is 1. The Labute approximate surface area is 152 Å². The molecule has 0 bridgehead atoms. The topological polar surface area (TPSA) is 53.6 Å². The fraction of sp³-hybridized carbons (Fsp3) is 0.316. The second-order valence-electron chi connectivity index (χ2n) is 5.82. The van der Waals surface area contributed by atoms with Gasteiger partial charge in [-0.2, -0.15) is 0 Å². The monoisotopic (exact) mass is 357 g/mol. The van der Waals surface area contributed by atoms with Gasteiger partial charge in [-0.25, -0.2) is 0 Å². The Morgan fingerprint density at radius 2 is 2.04 bits per heavy atom. The first-order valence-electron chi connectivity index (χ1n) is 8.32. The average Bonchev–Trinajstić information content (AvgIpc) is 2.64. The van der Waals surface area contributed by atoms with Crippen molar-refractivity contribution >= 4 is 23.4 Å². The molecule has 0 spiro atoms. The highest BCUT2D eigenvalue weighted by molar-refractivity contribution is 7.98. The number of amides is 1. The molecule has 2 N–H and O–H groups in total. The number of hydrogen-bond donors (Lipinski definition) is 2. The molecule has 1 amide bonds. The van der Waals surface area contributed by atoms with E-state index in [1.807, 2.05) is 54.4 Å². The van der Waals surface area contributed by atoms with Crippen molar-refractivity contribution in [2.45, 2.75) is 11.4 Å². The third-order valence-electron chi connectivity index (χ3n) is 4.10. The van der Waals surface area contributed by atoms with Crippen LogP contribution in [0.5, 0.6) is 11.5 Å². The highest BCUT2D eigenvalue weighted by Crippen LogP contribution is 2.30. The van der Waals surface area contributed by atoms with Gasteiger partial charge in [-0.3, -0.25) is 4.79 Å². The third kappa shape index (κ3) is 4.34. The number of rotatable bonds is 6. The molecule has 0 radical (unpaired) electrons. The van der Waals surface area contributed by atoms with Crippen molar-refractivity contribution in [1.29, 1.82) is 0 Å². The van der Waals surface area contributed by atoms with E-state index < -0.39 is 0 Å². The summed E-state index contributed by atoms with van der Waals surface area (Å²) >= 11 is 1.70. The molecule has 0 atom stereocenters. The van der Waals surface area contributed by atoms with Gasteiger partial charge in [0.2, 0.25) is 5.91 Å². The zero-order chi connectivity index (χ0) is 17.6. The van der Waals surface area contributed by atoms with E-state index in [1.165, 1.54) is 4.90 Å². The molecule has 5 nitrogen and oxygen atoms in total. The second-order valence-corrected chi connectivity index (χ2v) is 6.70. The van der Waals surface area contributed by atoms with E-state index in [9.17, 15) is 4.79 Å². The van der Waals surface area contributed by atoms with Gasteiger partial charge in [0.1, 0.15) is 11.5 Å². The number of nitrogens with zero attached hydrogens (tertiary/aromatic N) is 1. The molecule has 0 unspecified atom stereocenters. The van der Waals surface area contributed by atoms with Gasteiger partial charge in [-0.05, 0) is 55.8 Å². The van der Waals surface area contributed by atoms with Crippen LogP contribution in [0, 0.1) is 0 Å². The molecular formula is C19H23N3O2S. The first-order chi connectivity index (χ1) is 12.2. The number of carbonyl (C=O) groups excluding carboxylic acids is 1. The number of hydrogen-bond acceptors (Lipinski definition) is 5. The third-order valence-corrected chi connectivity index (χ3v) is 4.84. The zero-order valence-electron chi connectivity index (χ0n) is 14.5. The summed E-state index contributed by atoms with van der Waals surface area (Å²) in [7, 11) is 1.90. The summed E-state index contributed by atoms with van der Waals surface area (Å²) < 4.78 is 6.07. The Morgan fingerprint density at radius 1 is 1.24 bits per heavy atom. The first kappa shape index (κ1) is 17.8. The van der Waals surface area contributed by atoms with E-state index in [0.717, 1.165) is 29.3 Å². The second kappa shape index (κ2) is 8.38. The number of ether oxygens (including phenoxy) is 1. The normalized spacial score (nSPS) is 14.6. The smallest absolute Gasteiger partial charge is 0.240 e. The van der Waals surface area contributed by atoms with Gasteiger partial charge in [0, 0.05) is 35.8 Å². The Balaban J connectivity index is 1.84. The molecule has 1 fully saturated rings. The van der Waals surface area contributed by atoms with E-state index in [2.05, 4.69) is 16.9 Å². The van der Waals surface area contributed by atoms with Crippen LogP contribution in [0.15, 0.2) is 47.4 Å². The van der Waals surface area contributed by atoms with E-state index in [1.54, 1.807) is 11.8 Å². The van der Waals surface area contributed by atoms with Crippen LogP contribution in [0.25, 0.3) is 0 Å². The summed E-state index contributed by atoms with van der Waals surface area (Å²) in [5.41, 5.74) is 1.95. The van der Waals surface area contributed by atoms with Gasteiger partial charge in [0.05, 0.1) is 6.54 Å². The van der Waals surface area contributed by atoms with Crippen molar-refractivity contribution < 1.29 is 9.53 Å². The minimum atomic E-state index is 0.1000. The van der Waals surface area contributed by atoms with Crippen molar-refractivity contribution in [2.75, 3.05) is 37.8 Å². The van der Waals surface area contributed by atoms with E-state index in [4.69, 9.17) is 4.74 Å². The number of nitrogens with one attached hydrogen (secondary N) is 2. The molecule has 1 heterocycles. The quantitative estimate of drug-likeness (QED) is 0.779. The molecule has 25 heavy (non-hydrogen) atoms. The number of carbonyl (C=O) groups is 1. The fourth-order valence-electron chi connectivity index (χ4n) is 2.81. The van der Waals surface area contributed by atoms with E-state index >= 15 is 0 Å². The van der Waals surface area contributed by atoms with Gasteiger partial charge in [0.25, 0.3) is 0 Å². The minimum Gasteiger partial charge on any atom is -0.457 e. The lowest BCUT2D eigenvalue weighted by Gasteiger charge is -2.28. The van der Waals surface area contributed by atoms with Crippen LogP contribution in [0.4, 0.5) is 5.69 Å². The minimum absolute atomic E-state index is 0.1000. The molecule has 3 rings (SSSR count). The molecule has 2 aromatic rings. The number of benzene rings is 2. The molecule has 0 aliphatic carbocycles. The zero-order valence-corrected chi connectivity index (χ0v) is 15.4. The summed E-state index contributed by atoms with van der Waals surface area (Å²) in [5, 5.41) is 6.27. The summed E-state index contributed by atoms with van der Waals surface area (Å²) in [6.45, 7) is 2.56. The standard InChI is InChI=1S/C19H23N3O2S/c1-20-12-14-11-15(22-10-9-21-13-19(22)23)3-8-18(14)24-16-4-6-17(25-2)7-5-16/h3-8,11,20-21H,9-10,12-13H2,1-2H3. The van der Waals surface area contributed by atoms with Crippen molar-refractivity contribution in [1.82, 2.24) is 10.6 Å². The molecule has 132 valence electrons. The van der Waals surface area contributed by atoms with Crippen LogP contribution >= 0.6 is 11.8 Å². The molecule has 1 saturated heterocycles. The Bertz CT molecular complexity index is 734. The van der Waals surface area contributed by atoms with Crippen LogP contribution < -0.4 is 20.3 Å². The molecule has 1 aliphatic rings. The lowest BCUT2D eigenvalue weighted by molar-refractivity contribution is -0.118. The Kier molecular flexibility index (Phi) is 5.96. The van der Waals surface area contributed by atoms with Crippen molar-refractivity contribution in [3.05, 3.63) is 48.0 Å². The van der Waals surface area contributed by atoms with Gasteiger partial charge in [-0.1, -0.05) is 0 Å². The van der Waals surface area contributed by atoms with Crippen LogP contribution in [-0.2, 0) is 11.3 Å². The SMILES string of the molecule is CNCc1cc(N2CCNCC2=O)ccc1Oc1ccc(SC)cc1. The molecule has 2 aromatic carbocycles. The van der Waals surface area contributed by atoms with E-state index in [-0.39, 0.29) is 5.91 Å². The van der Waals surface area contributed by atoms with Gasteiger partial charge in [-0.15, -0.1) is 11.8 Å². The maximum absolute atomic E-state index is 12.1. The molecule has 0 saturated carbocycles. The maximum Gasteiger partial charge on any atom is 0.240 e. The van der Waals surface area contributed by atoms with E-state index in [0.29, 0.717) is 19.6 Å². The maximum atomic E-state index is 12.1. The van der Waals surface area contributed by atoms with Crippen LogP contribution in [0.3, 0.4) is 0 Å². The molecule has 6 heteroatoms. The highest BCUT2D eigenvalue weighted by atomic mass is 32.2. The van der Waals surface area contributed by atoms with Crippen molar-refractivity contribution in [3.63, 3.8) is 0 Å². The average molecular weight is 357 g/mol. The molecular weight excluding hydrogens is 334 g/mol. The summed E-state index contributed by atoms with van der Waals surface area (Å²) in [6.07, 6.45) is 2.05. The Morgan fingerprint density at radius 3 is 2.72 bits per heavy atom. The van der Waals surface area contributed by atoms with Crippen molar-refractivity contribution in [2.24, 2.45) is 0 Å². The summed E-state index contributed by atoms with van der Waals surface area (Å²) in [6, 6.07) is 14.0. The molecule has 0 aromatic heterocycles. The lowest BCUT2D eigenvalue weighted by Crippen LogP contribution is -2.48. The number of anilines is 1. The predicted molar refractivity (Wildman–Crippen MR) is 103 cm³/mol. The number of piperazine rings is 1. The summed E-state index contributed by atoms with van der Waals surface area (Å²) in [5.74, 6) is 1.71. The fourth-order valence-corrected chi connectivity index (χ4v) is 3.22. The highest BCUT2D eigenvalue weighted by Gasteiger charge is 2.20. The first-order valence-corrected chi connectivity index (χ1v) is 9.54. The van der Waals surface area contributed by atoms with Crippen LogP contribution in [0.2, 0.25) is 0 Å². The Hall–Kier alpha value is -2.02. The summed E-state index contributed by atoms with van der Waals surface area (Å²) in [4.78, 5) is 15.1.